The second-order valence-corrected chi connectivity index (χ2v) is 11.1. The molecule has 44 heavy (non-hydrogen) atoms. The zero-order chi connectivity index (χ0) is 31.4. The highest BCUT2D eigenvalue weighted by Gasteiger charge is 2.31. The molecule has 1 N–H and O–H groups in total. The van der Waals surface area contributed by atoms with Crippen LogP contribution in [0.4, 0.5) is 32.4 Å². The number of amidine groups is 1. The lowest BCUT2D eigenvalue weighted by Crippen LogP contribution is -2.29. The Morgan fingerprint density at radius 1 is 1.09 bits per heavy atom. The van der Waals surface area contributed by atoms with Crippen LogP contribution in [-0.4, -0.2) is 51.2 Å². The van der Waals surface area contributed by atoms with Crippen LogP contribution < -0.4 is 15.0 Å². The van der Waals surface area contributed by atoms with Crippen LogP contribution in [0.1, 0.15) is 37.1 Å². The maximum Gasteiger partial charge on any atom is 0.573 e. The van der Waals surface area contributed by atoms with Crippen LogP contribution in [0, 0.1) is 5.82 Å². The number of urea groups is 1. The zero-order valence-corrected chi connectivity index (χ0v) is 24.4. The number of hydrogen-bond acceptors (Lipinski definition) is 5. The first kappa shape index (κ1) is 31.0. The third kappa shape index (κ3) is 7.54. The highest BCUT2D eigenvalue weighted by atomic mass is 32.2. The molecule has 14 heteroatoms. The quantitative estimate of drug-likeness (QED) is 0.204. The molecule has 2 amide bonds. The number of ether oxygens (including phenoxy) is 1. The minimum atomic E-state index is -4.78. The average molecular weight is 631 g/mol. The molecule has 1 aromatic heterocycles. The number of anilines is 1. The lowest BCUT2D eigenvalue weighted by molar-refractivity contribution is -0.274. The summed E-state index contributed by atoms with van der Waals surface area (Å²) >= 11 is 1.40. The van der Waals surface area contributed by atoms with Gasteiger partial charge in [0.1, 0.15) is 24.1 Å². The van der Waals surface area contributed by atoms with Crippen LogP contribution in [0.5, 0.6) is 5.75 Å². The van der Waals surface area contributed by atoms with Crippen molar-refractivity contribution in [1.29, 1.82) is 0 Å². The summed E-state index contributed by atoms with van der Waals surface area (Å²) in [5.41, 5.74) is 2.98. The molecular formula is C30H27F5N6O2S. The summed E-state index contributed by atoms with van der Waals surface area (Å²) in [5, 5.41) is 7.31. The Labute approximate surface area is 254 Å². The van der Waals surface area contributed by atoms with Gasteiger partial charge >= 0.3 is 12.4 Å². The van der Waals surface area contributed by atoms with Crippen LogP contribution >= 0.6 is 11.8 Å². The van der Waals surface area contributed by atoms with E-state index >= 15 is 0 Å². The fourth-order valence-electron chi connectivity index (χ4n) is 4.53. The van der Waals surface area contributed by atoms with Crippen LogP contribution in [0.15, 0.2) is 78.0 Å². The van der Waals surface area contributed by atoms with Crippen molar-refractivity contribution in [2.24, 2.45) is 4.99 Å². The predicted molar refractivity (Wildman–Crippen MR) is 158 cm³/mol. The number of hydrogen-bond donors (Lipinski definition) is 1. The highest BCUT2D eigenvalue weighted by molar-refractivity contribution is 8.14. The van der Waals surface area contributed by atoms with Crippen LogP contribution in [0.2, 0.25) is 0 Å². The number of aliphatic imine (C=N–C) groups is 1. The maximum absolute atomic E-state index is 15.0. The number of rotatable bonds is 8. The SMILES string of the molecule is CC(C)c1cc(F)ccc1N1CCSC1=NC(=O)NCC(F)c1ccc(-c2ncn(-c3ccc(OC(F)(F)F)cc3)n2)cc1. The molecule has 5 rings (SSSR count). The molecule has 0 spiro atoms. The van der Waals surface area contributed by atoms with Gasteiger partial charge in [-0.1, -0.05) is 49.9 Å². The minimum Gasteiger partial charge on any atom is -0.406 e. The van der Waals surface area contributed by atoms with Gasteiger partial charge in [0.05, 0.1) is 12.2 Å². The number of nitrogens with zero attached hydrogens (tertiary/aromatic N) is 5. The number of benzene rings is 3. The number of nitrogens with one attached hydrogen (secondary N) is 1. The summed E-state index contributed by atoms with van der Waals surface area (Å²) in [4.78, 5) is 22.8. The van der Waals surface area contributed by atoms with E-state index in [1.165, 1.54) is 59.2 Å². The van der Waals surface area contributed by atoms with Crippen molar-refractivity contribution < 1.29 is 31.5 Å². The van der Waals surface area contributed by atoms with Crippen molar-refractivity contribution in [1.82, 2.24) is 20.1 Å². The molecule has 0 radical (unpaired) electrons. The lowest BCUT2D eigenvalue weighted by atomic mass is 10.0. The normalized spacial score (nSPS) is 15.2. The van der Waals surface area contributed by atoms with Crippen molar-refractivity contribution in [2.45, 2.75) is 32.3 Å². The van der Waals surface area contributed by atoms with Gasteiger partial charge < -0.3 is 15.0 Å². The second kappa shape index (κ2) is 13.0. The second-order valence-electron chi connectivity index (χ2n) is 10.1. The molecule has 0 aliphatic carbocycles. The van der Waals surface area contributed by atoms with Crippen molar-refractivity contribution >= 4 is 28.6 Å². The summed E-state index contributed by atoms with van der Waals surface area (Å²) in [7, 11) is 0. The van der Waals surface area contributed by atoms with E-state index in [0.29, 0.717) is 40.1 Å². The van der Waals surface area contributed by atoms with Gasteiger partial charge in [-0.15, -0.1) is 18.3 Å². The molecule has 1 saturated heterocycles. The molecule has 1 aliphatic heterocycles. The third-order valence-corrected chi connectivity index (χ3v) is 7.62. The number of halogens is 5. The Hall–Kier alpha value is -4.46. The first-order valence-corrected chi connectivity index (χ1v) is 14.5. The summed E-state index contributed by atoms with van der Waals surface area (Å²) < 4.78 is 71.3. The summed E-state index contributed by atoms with van der Waals surface area (Å²) in [6, 6.07) is 15.4. The smallest absolute Gasteiger partial charge is 0.406 e. The lowest BCUT2D eigenvalue weighted by Gasteiger charge is -2.23. The number of aromatic nitrogens is 3. The van der Waals surface area contributed by atoms with Gasteiger partial charge in [-0.3, -0.25) is 0 Å². The average Bonchev–Trinajstić information content (AvgIpc) is 3.66. The van der Waals surface area contributed by atoms with Crippen LogP contribution in [0.3, 0.4) is 0 Å². The number of carbonyl (C=O) groups is 1. The Morgan fingerprint density at radius 3 is 2.50 bits per heavy atom. The standard InChI is InChI=1S/C30H27F5N6O2S/c1-18(2)24-15-21(31)7-12-26(24)40-13-14-44-29(40)38-28(42)36-16-25(32)19-3-5-20(6-4-19)27-37-17-41(39-27)22-8-10-23(11-9-22)43-30(33,34)35/h3-12,15,17-18,25H,13-14,16H2,1-2H3,(H,36,42). The fourth-order valence-corrected chi connectivity index (χ4v) is 5.48. The largest absolute Gasteiger partial charge is 0.573 e. The molecule has 3 aromatic carbocycles. The topological polar surface area (TPSA) is 84.6 Å². The summed E-state index contributed by atoms with van der Waals surface area (Å²) in [5.74, 6) is 0.406. The van der Waals surface area contributed by atoms with E-state index in [1.54, 1.807) is 30.3 Å². The molecule has 2 heterocycles. The number of carbonyl (C=O) groups excluding carboxylic acids is 1. The number of thioether (sulfide) groups is 1. The third-order valence-electron chi connectivity index (χ3n) is 6.67. The Balaban J connectivity index is 1.18. The van der Waals surface area contributed by atoms with Crippen molar-refractivity contribution in [3.63, 3.8) is 0 Å². The number of amides is 2. The van der Waals surface area contributed by atoms with Gasteiger partial charge in [0, 0.05) is 23.5 Å². The molecule has 1 fully saturated rings. The predicted octanol–water partition coefficient (Wildman–Crippen LogP) is 7.43. The van der Waals surface area contributed by atoms with E-state index in [9.17, 15) is 26.7 Å². The van der Waals surface area contributed by atoms with Crippen molar-refractivity contribution in [2.75, 3.05) is 23.7 Å². The monoisotopic (exact) mass is 630 g/mol. The van der Waals surface area contributed by atoms with Crippen molar-refractivity contribution in [3.05, 3.63) is 90.0 Å². The first-order valence-electron chi connectivity index (χ1n) is 13.6. The molecule has 4 aromatic rings. The summed E-state index contributed by atoms with van der Waals surface area (Å²) in [6.07, 6.45) is -4.89. The van der Waals surface area contributed by atoms with Gasteiger partial charge in [0.15, 0.2) is 11.0 Å². The highest BCUT2D eigenvalue weighted by Crippen LogP contribution is 2.33. The fraction of sp³-hybridized carbons (Fsp3) is 0.267. The van der Waals surface area contributed by atoms with E-state index < -0.39 is 18.6 Å². The van der Waals surface area contributed by atoms with Gasteiger partial charge in [-0.2, -0.15) is 4.99 Å². The molecule has 1 aliphatic rings. The Morgan fingerprint density at radius 2 is 1.82 bits per heavy atom. The molecule has 0 bridgehead atoms. The van der Waals surface area contributed by atoms with E-state index in [-0.39, 0.29) is 24.0 Å². The number of alkyl halides is 4. The van der Waals surface area contributed by atoms with E-state index in [1.807, 2.05) is 18.7 Å². The molecule has 230 valence electrons. The van der Waals surface area contributed by atoms with Crippen LogP contribution in [0.25, 0.3) is 17.1 Å². The Bertz CT molecular complexity index is 1640. The van der Waals surface area contributed by atoms with Gasteiger partial charge in [-0.05, 0) is 59.5 Å². The van der Waals surface area contributed by atoms with Gasteiger partial charge in [0.25, 0.3) is 0 Å². The van der Waals surface area contributed by atoms with Gasteiger partial charge in [0.2, 0.25) is 0 Å². The molecule has 8 nitrogen and oxygen atoms in total. The van der Waals surface area contributed by atoms with E-state index in [2.05, 4.69) is 25.1 Å². The van der Waals surface area contributed by atoms with Crippen molar-refractivity contribution in [3.8, 4) is 22.8 Å². The van der Waals surface area contributed by atoms with Crippen LogP contribution in [-0.2, 0) is 0 Å². The first-order chi connectivity index (χ1) is 21.0. The molecular weight excluding hydrogens is 603 g/mol. The minimum absolute atomic E-state index is 0.0639. The molecule has 1 atom stereocenters. The summed E-state index contributed by atoms with van der Waals surface area (Å²) in [6.45, 7) is 4.24. The molecule has 1 unspecified atom stereocenters. The van der Waals surface area contributed by atoms with E-state index in [4.69, 9.17) is 0 Å². The molecule has 0 saturated carbocycles. The zero-order valence-electron chi connectivity index (χ0n) is 23.6. The Kier molecular flexibility index (Phi) is 9.18. The van der Waals surface area contributed by atoms with E-state index in [0.717, 1.165) is 11.3 Å². The maximum atomic E-state index is 15.0. The van der Waals surface area contributed by atoms with Gasteiger partial charge in [-0.25, -0.2) is 23.2 Å².